The summed E-state index contributed by atoms with van der Waals surface area (Å²) < 4.78 is 5.12. The Morgan fingerprint density at radius 2 is 1.92 bits per heavy atom. The Bertz CT molecular complexity index is 721. The van der Waals surface area contributed by atoms with Crippen molar-refractivity contribution in [1.82, 2.24) is 5.32 Å². The Kier molecular flexibility index (Phi) is 5.11. The molecule has 1 amide bonds. The molecule has 0 saturated carbocycles. The van der Waals surface area contributed by atoms with Crippen LogP contribution in [0, 0.1) is 0 Å². The monoisotopic (exact) mass is 323 g/mol. The molecule has 0 spiro atoms. The van der Waals surface area contributed by atoms with Gasteiger partial charge in [-0.25, -0.2) is 0 Å². The molecule has 2 aromatic rings. The lowest BCUT2D eigenvalue weighted by Crippen LogP contribution is -2.30. The van der Waals surface area contributed by atoms with Crippen molar-refractivity contribution in [2.45, 2.75) is 12.8 Å². The number of methoxy groups -OCH3 is 1. The second kappa shape index (κ2) is 7.64. The summed E-state index contributed by atoms with van der Waals surface area (Å²) in [4.78, 5) is 16.6. The maximum absolute atomic E-state index is 12.1. The van der Waals surface area contributed by atoms with Crippen LogP contribution < -0.4 is 15.4 Å². The minimum atomic E-state index is -0.0407. The summed E-state index contributed by atoms with van der Waals surface area (Å²) in [5.74, 6) is 1.67. The van der Waals surface area contributed by atoms with Crippen LogP contribution in [0.2, 0.25) is 0 Å². The number of hydrogen-bond donors (Lipinski definition) is 2. The molecule has 0 aliphatic carbocycles. The molecule has 1 aliphatic heterocycles. The topological polar surface area (TPSA) is 62.7 Å². The molecule has 5 nitrogen and oxygen atoms in total. The molecule has 1 heterocycles. The lowest BCUT2D eigenvalue weighted by Gasteiger charge is -2.15. The molecule has 2 N–H and O–H groups in total. The smallest absolute Gasteiger partial charge is 0.228 e. The largest absolute Gasteiger partial charge is 0.497 e. The summed E-state index contributed by atoms with van der Waals surface area (Å²) >= 11 is 0. The molecular formula is C19H21N3O2. The van der Waals surface area contributed by atoms with Crippen LogP contribution in [0.25, 0.3) is 0 Å². The average Bonchev–Trinajstić information content (AvgIpc) is 2.64. The zero-order valence-corrected chi connectivity index (χ0v) is 13.7. The molecule has 0 unspecified atom stereocenters. The second-order valence-electron chi connectivity index (χ2n) is 5.66. The number of nitrogens with one attached hydrogen (secondary N) is 2. The molecule has 1 aliphatic rings. The molecule has 0 fully saturated rings. The maximum Gasteiger partial charge on any atom is 0.228 e. The van der Waals surface area contributed by atoms with Crippen molar-refractivity contribution in [2.75, 3.05) is 25.5 Å². The summed E-state index contributed by atoms with van der Waals surface area (Å²) in [5.41, 5.74) is 2.78. The maximum atomic E-state index is 12.1. The minimum absolute atomic E-state index is 0.0407. The van der Waals surface area contributed by atoms with Gasteiger partial charge in [0.1, 0.15) is 11.6 Å². The van der Waals surface area contributed by atoms with Gasteiger partial charge < -0.3 is 15.4 Å². The first-order valence-corrected chi connectivity index (χ1v) is 8.06. The van der Waals surface area contributed by atoms with Crippen molar-refractivity contribution in [2.24, 2.45) is 4.99 Å². The summed E-state index contributed by atoms with van der Waals surface area (Å²) in [6.45, 7) is 1.82. The molecule has 0 atom stereocenters. The first kappa shape index (κ1) is 16.1. The van der Waals surface area contributed by atoms with Gasteiger partial charge in [-0.05, 0) is 48.4 Å². The number of ether oxygens (including phenoxy) is 1. The Labute approximate surface area is 141 Å². The van der Waals surface area contributed by atoms with Crippen LogP contribution in [0.15, 0.2) is 53.5 Å². The number of carbonyl (C=O) groups excluding carboxylic acids is 1. The van der Waals surface area contributed by atoms with Gasteiger partial charge in [0, 0.05) is 24.3 Å². The second-order valence-corrected chi connectivity index (χ2v) is 5.66. The Morgan fingerprint density at radius 3 is 2.54 bits per heavy atom. The van der Waals surface area contributed by atoms with Crippen LogP contribution in [0.1, 0.15) is 17.5 Å². The molecule has 24 heavy (non-hydrogen) atoms. The third-order valence-corrected chi connectivity index (χ3v) is 3.86. The molecule has 2 aromatic carbocycles. The quantitative estimate of drug-likeness (QED) is 0.889. The van der Waals surface area contributed by atoms with Crippen LogP contribution >= 0.6 is 0 Å². The van der Waals surface area contributed by atoms with Crippen LogP contribution in [-0.4, -0.2) is 31.9 Å². The van der Waals surface area contributed by atoms with Gasteiger partial charge in [0.05, 0.1) is 13.5 Å². The molecule has 3 rings (SSSR count). The van der Waals surface area contributed by atoms with Gasteiger partial charge in [-0.15, -0.1) is 0 Å². The third kappa shape index (κ3) is 4.13. The minimum Gasteiger partial charge on any atom is -0.497 e. The van der Waals surface area contributed by atoms with Crippen LogP contribution in [0.5, 0.6) is 5.75 Å². The van der Waals surface area contributed by atoms with E-state index in [1.165, 1.54) is 0 Å². The first-order valence-electron chi connectivity index (χ1n) is 8.06. The zero-order chi connectivity index (χ0) is 16.8. The van der Waals surface area contributed by atoms with E-state index >= 15 is 0 Å². The van der Waals surface area contributed by atoms with Gasteiger partial charge >= 0.3 is 0 Å². The van der Waals surface area contributed by atoms with Gasteiger partial charge in [-0.3, -0.25) is 9.79 Å². The van der Waals surface area contributed by atoms with Gasteiger partial charge in [0.2, 0.25) is 5.91 Å². The number of carbonyl (C=O) groups is 1. The molecule has 124 valence electrons. The normalized spacial score (nSPS) is 13.6. The van der Waals surface area contributed by atoms with E-state index in [0.29, 0.717) is 6.42 Å². The Hall–Kier alpha value is -2.82. The van der Waals surface area contributed by atoms with Crippen molar-refractivity contribution in [3.05, 3.63) is 59.7 Å². The standard InChI is InChI=1S/C19H21N3O2/c1-24-17-9-3-14(4-10-17)13-18(23)22-16-7-5-15(6-8-16)19-20-11-2-12-21-19/h3-10H,2,11-13H2,1H3,(H,20,21)(H,22,23). The van der Waals surface area contributed by atoms with Crippen LogP contribution in [-0.2, 0) is 11.2 Å². The zero-order valence-electron chi connectivity index (χ0n) is 13.7. The molecule has 0 radical (unpaired) electrons. The highest BCUT2D eigenvalue weighted by Gasteiger charge is 2.08. The molecular weight excluding hydrogens is 302 g/mol. The van der Waals surface area contributed by atoms with Crippen LogP contribution in [0.4, 0.5) is 5.69 Å². The number of anilines is 1. The fourth-order valence-electron chi connectivity index (χ4n) is 2.57. The fraction of sp³-hybridized carbons (Fsp3) is 0.263. The number of amides is 1. The number of rotatable bonds is 5. The Balaban J connectivity index is 1.58. The highest BCUT2D eigenvalue weighted by Crippen LogP contribution is 2.14. The number of amidine groups is 1. The van der Waals surface area contributed by atoms with E-state index in [-0.39, 0.29) is 5.91 Å². The highest BCUT2D eigenvalue weighted by molar-refractivity contribution is 6.00. The van der Waals surface area contributed by atoms with E-state index in [0.717, 1.165) is 47.9 Å². The lowest BCUT2D eigenvalue weighted by atomic mass is 10.1. The van der Waals surface area contributed by atoms with Crippen molar-refractivity contribution >= 4 is 17.4 Å². The fourth-order valence-corrected chi connectivity index (χ4v) is 2.57. The van der Waals surface area contributed by atoms with E-state index in [4.69, 9.17) is 4.74 Å². The molecule has 0 saturated heterocycles. The summed E-state index contributed by atoms with van der Waals surface area (Å²) in [6, 6.07) is 15.3. The third-order valence-electron chi connectivity index (χ3n) is 3.86. The summed E-state index contributed by atoms with van der Waals surface area (Å²) in [5, 5.41) is 6.21. The van der Waals surface area contributed by atoms with Gasteiger partial charge in [-0.2, -0.15) is 0 Å². The van der Waals surface area contributed by atoms with E-state index in [1.807, 2.05) is 48.5 Å². The van der Waals surface area contributed by atoms with E-state index < -0.39 is 0 Å². The molecule has 0 aromatic heterocycles. The Morgan fingerprint density at radius 1 is 1.17 bits per heavy atom. The summed E-state index contributed by atoms with van der Waals surface area (Å²) in [6.07, 6.45) is 1.41. The number of benzene rings is 2. The predicted octanol–water partition coefficient (Wildman–Crippen LogP) is 2.62. The van der Waals surface area contributed by atoms with Gasteiger partial charge in [0.15, 0.2) is 0 Å². The highest BCUT2D eigenvalue weighted by atomic mass is 16.5. The first-order chi connectivity index (χ1) is 11.7. The van der Waals surface area contributed by atoms with Crippen molar-refractivity contribution < 1.29 is 9.53 Å². The summed E-state index contributed by atoms with van der Waals surface area (Å²) in [7, 11) is 1.62. The SMILES string of the molecule is COc1ccc(CC(=O)Nc2ccc(C3=NCCCN3)cc2)cc1. The predicted molar refractivity (Wildman–Crippen MR) is 95.8 cm³/mol. The van der Waals surface area contributed by atoms with Crippen LogP contribution in [0.3, 0.4) is 0 Å². The number of hydrogen-bond acceptors (Lipinski definition) is 4. The van der Waals surface area contributed by atoms with E-state index in [2.05, 4.69) is 15.6 Å². The van der Waals surface area contributed by atoms with Gasteiger partial charge in [0.25, 0.3) is 0 Å². The van der Waals surface area contributed by atoms with E-state index in [1.54, 1.807) is 7.11 Å². The lowest BCUT2D eigenvalue weighted by molar-refractivity contribution is -0.115. The van der Waals surface area contributed by atoms with Crippen molar-refractivity contribution in [3.8, 4) is 5.75 Å². The van der Waals surface area contributed by atoms with Crippen molar-refractivity contribution in [1.29, 1.82) is 0 Å². The number of aliphatic imine (C=N–C) groups is 1. The van der Waals surface area contributed by atoms with Crippen molar-refractivity contribution in [3.63, 3.8) is 0 Å². The average molecular weight is 323 g/mol. The molecule has 5 heteroatoms. The number of nitrogens with zero attached hydrogens (tertiary/aromatic N) is 1. The molecule has 0 bridgehead atoms. The van der Waals surface area contributed by atoms with Gasteiger partial charge in [-0.1, -0.05) is 12.1 Å². The van der Waals surface area contributed by atoms with E-state index in [9.17, 15) is 4.79 Å².